The van der Waals surface area contributed by atoms with E-state index in [-0.39, 0.29) is 0 Å². The minimum atomic E-state index is -4.64. The second-order valence-electron chi connectivity index (χ2n) is 3.97. The zero-order chi connectivity index (χ0) is 14.9. The van der Waals surface area contributed by atoms with E-state index in [1.165, 1.54) is 0 Å². The van der Waals surface area contributed by atoms with Crippen LogP contribution in [-0.2, 0) is 6.18 Å². The van der Waals surface area contributed by atoms with E-state index in [0.717, 1.165) is 11.1 Å². The molecule has 8 heteroatoms. The Kier molecular flexibility index (Phi) is 4.14. The SMILES string of the molecule is Cc1ccc(NC(=O)c2scnc2C(F)(F)F)c(Br)c1. The predicted octanol–water partition coefficient (Wildman–Crippen LogP) is 4.49. The second kappa shape index (κ2) is 5.53. The number of hydrogen-bond donors (Lipinski definition) is 1. The molecule has 2 rings (SSSR count). The van der Waals surface area contributed by atoms with Gasteiger partial charge in [0.1, 0.15) is 4.88 Å². The minimum absolute atomic E-state index is 0.405. The van der Waals surface area contributed by atoms with Crippen LogP contribution in [0.3, 0.4) is 0 Å². The number of anilines is 1. The fourth-order valence-corrected chi connectivity index (χ4v) is 2.80. The molecule has 20 heavy (non-hydrogen) atoms. The maximum absolute atomic E-state index is 12.7. The average Bonchev–Trinajstić information content (AvgIpc) is 2.81. The average molecular weight is 365 g/mol. The van der Waals surface area contributed by atoms with Crippen molar-refractivity contribution in [3.8, 4) is 0 Å². The fraction of sp³-hybridized carbons (Fsp3) is 0.167. The van der Waals surface area contributed by atoms with Gasteiger partial charge in [0.15, 0.2) is 5.69 Å². The molecule has 0 aliphatic carbocycles. The first kappa shape index (κ1) is 15.0. The molecule has 0 aliphatic rings. The molecule has 1 heterocycles. The Morgan fingerprint density at radius 2 is 2.10 bits per heavy atom. The number of thiazole rings is 1. The van der Waals surface area contributed by atoms with Gasteiger partial charge in [0.05, 0.1) is 11.2 Å². The highest BCUT2D eigenvalue weighted by Gasteiger charge is 2.38. The van der Waals surface area contributed by atoms with Gasteiger partial charge in [-0.1, -0.05) is 6.07 Å². The minimum Gasteiger partial charge on any atom is -0.320 e. The summed E-state index contributed by atoms with van der Waals surface area (Å²) in [6.45, 7) is 1.86. The molecular formula is C12H8BrF3N2OS. The maximum Gasteiger partial charge on any atom is 0.434 e. The van der Waals surface area contributed by atoms with E-state index < -0.39 is 22.7 Å². The monoisotopic (exact) mass is 364 g/mol. The zero-order valence-electron chi connectivity index (χ0n) is 10.1. The highest BCUT2D eigenvalue weighted by Crippen LogP contribution is 2.33. The highest BCUT2D eigenvalue weighted by atomic mass is 79.9. The van der Waals surface area contributed by atoms with Gasteiger partial charge in [-0.25, -0.2) is 4.98 Å². The van der Waals surface area contributed by atoms with Crippen molar-refractivity contribution >= 4 is 38.9 Å². The molecule has 0 aliphatic heterocycles. The molecule has 2 aromatic rings. The second-order valence-corrected chi connectivity index (χ2v) is 5.67. The molecule has 0 spiro atoms. The Bertz CT molecular complexity index is 654. The van der Waals surface area contributed by atoms with Crippen molar-refractivity contribution in [2.45, 2.75) is 13.1 Å². The van der Waals surface area contributed by atoms with Crippen LogP contribution < -0.4 is 5.32 Å². The predicted molar refractivity (Wildman–Crippen MR) is 73.9 cm³/mol. The maximum atomic E-state index is 12.7. The lowest BCUT2D eigenvalue weighted by molar-refractivity contribution is -0.141. The summed E-state index contributed by atoms with van der Waals surface area (Å²) in [6, 6.07) is 5.12. The van der Waals surface area contributed by atoms with Gasteiger partial charge in [-0.15, -0.1) is 11.3 Å². The smallest absolute Gasteiger partial charge is 0.320 e. The van der Waals surface area contributed by atoms with Crippen LogP contribution in [0.4, 0.5) is 18.9 Å². The molecule has 1 amide bonds. The van der Waals surface area contributed by atoms with Gasteiger partial charge in [-0.05, 0) is 40.5 Å². The van der Waals surface area contributed by atoms with Crippen molar-refractivity contribution in [1.29, 1.82) is 0 Å². The molecule has 1 aromatic carbocycles. The first-order chi connectivity index (χ1) is 9.29. The molecule has 0 atom stereocenters. The lowest BCUT2D eigenvalue weighted by Crippen LogP contribution is -2.17. The van der Waals surface area contributed by atoms with E-state index in [9.17, 15) is 18.0 Å². The third kappa shape index (κ3) is 3.18. The van der Waals surface area contributed by atoms with Gasteiger partial charge >= 0.3 is 6.18 Å². The number of hydrogen-bond acceptors (Lipinski definition) is 3. The van der Waals surface area contributed by atoms with Crippen LogP contribution in [0.15, 0.2) is 28.2 Å². The number of rotatable bonds is 2. The standard InChI is InChI=1S/C12H8BrF3N2OS/c1-6-2-3-8(7(13)4-6)18-11(19)9-10(12(14,15)16)17-5-20-9/h2-5H,1H3,(H,18,19). The summed E-state index contributed by atoms with van der Waals surface area (Å²) >= 11 is 3.90. The van der Waals surface area contributed by atoms with E-state index in [1.807, 2.05) is 6.92 Å². The third-order valence-electron chi connectivity index (χ3n) is 2.41. The summed E-state index contributed by atoms with van der Waals surface area (Å²) in [7, 11) is 0. The Morgan fingerprint density at radius 3 is 2.70 bits per heavy atom. The van der Waals surface area contributed by atoms with Crippen molar-refractivity contribution in [2.24, 2.45) is 0 Å². The molecule has 106 valence electrons. The Hall–Kier alpha value is -1.41. The van der Waals surface area contributed by atoms with Crippen LogP contribution in [0, 0.1) is 6.92 Å². The van der Waals surface area contributed by atoms with Gasteiger partial charge in [0.2, 0.25) is 0 Å². The van der Waals surface area contributed by atoms with Gasteiger partial charge in [-0.3, -0.25) is 4.79 Å². The first-order valence-electron chi connectivity index (χ1n) is 5.37. The summed E-state index contributed by atoms with van der Waals surface area (Å²) in [5.74, 6) is -0.829. The van der Waals surface area contributed by atoms with E-state index in [4.69, 9.17) is 0 Å². The third-order valence-corrected chi connectivity index (χ3v) is 3.90. The van der Waals surface area contributed by atoms with E-state index >= 15 is 0 Å². The number of benzene rings is 1. The summed E-state index contributed by atoms with van der Waals surface area (Å²) in [5.41, 5.74) is 1.20. The van der Waals surface area contributed by atoms with Crippen LogP contribution in [0.25, 0.3) is 0 Å². The molecule has 0 unspecified atom stereocenters. The van der Waals surface area contributed by atoms with Gasteiger partial charge in [-0.2, -0.15) is 13.2 Å². The molecular weight excluding hydrogens is 357 g/mol. The van der Waals surface area contributed by atoms with Crippen LogP contribution in [0.5, 0.6) is 0 Å². The Balaban J connectivity index is 2.27. The van der Waals surface area contributed by atoms with Crippen LogP contribution >= 0.6 is 27.3 Å². The van der Waals surface area contributed by atoms with Crippen molar-refractivity contribution in [2.75, 3.05) is 5.32 Å². The lowest BCUT2D eigenvalue weighted by atomic mass is 10.2. The number of halogens is 4. The zero-order valence-corrected chi connectivity index (χ0v) is 12.5. The first-order valence-corrected chi connectivity index (χ1v) is 7.04. The molecule has 0 saturated heterocycles. The van der Waals surface area contributed by atoms with Crippen LogP contribution in [0.2, 0.25) is 0 Å². The Labute approximate surface area is 125 Å². The number of carbonyl (C=O) groups is 1. The molecule has 0 fully saturated rings. The van der Waals surface area contributed by atoms with E-state index in [1.54, 1.807) is 18.2 Å². The van der Waals surface area contributed by atoms with Crippen LogP contribution in [0.1, 0.15) is 20.9 Å². The van der Waals surface area contributed by atoms with E-state index in [0.29, 0.717) is 21.5 Å². The number of amides is 1. The molecule has 1 aromatic heterocycles. The van der Waals surface area contributed by atoms with Crippen molar-refractivity contribution in [3.63, 3.8) is 0 Å². The molecule has 3 nitrogen and oxygen atoms in total. The van der Waals surface area contributed by atoms with Crippen molar-refractivity contribution in [1.82, 2.24) is 4.98 Å². The summed E-state index contributed by atoms with van der Waals surface area (Å²) < 4.78 is 38.6. The van der Waals surface area contributed by atoms with Crippen molar-refractivity contribution < 1.29 is 18.0 Å². The number of nitrogens with zero attached hydrogens (tertiary/aromatic N) is 1. The molecule has 0 bridgehead atoms. The summed E-state index contributed by atoms with van der Waals surface area (Å²) in [4.78, 5) is 14.7. The molecule has 1 N–H and O–H groups in total. The number of nitrogens with one attached hydrogen (secondary N) is 1. The lowest BCUT2D eigenvalue weighted by Gasteiger charge is -2.09. The topological polar surface area (TPSA) is 42.0 Å². The normalized spacial score (nSPS) is 11.4. The van der Waals surface area contributed by atoms with Gasteiger partial charge in [0.25, 0.3) is 5.91 Å². The number of alkyl halides is 3. The Morgan fingerprint density at radius 1 is 1.40 bits per heavy atom. The number of aromatic nitrogens is 1. The largest absolute Gasteiger partial charge is 0.434 e. The fourth-order valence-electron chi connectivity index (χ4n) is 1.51. The van der Waals surface area contributed by atoms with Gasteiger partial charge < -0.3 is 5.32 Å². The van der Waals surface area contributed by atoms with E-state index in [2.05, 4.69) is 26.2 Å². The number of aryl methyl sites for hydroxylation is 1. The molecule has 0 saturated carbocycles. The van der Waals surface area contributed by atoms with Gasteiger partial charge in [0, 0.05) is 4.47 Å². The van der Waals surface area contributed by atoms with Crippen LogP contribution in [-0.4, -0.2) is 10.9 Å². The summed E-state index contributed by atoms with van der Waals surface area (Å²) in [5, 5.41) is 2.44. The highest BCUT2D eigenvalue weighted by molar-refractivity contribution is 9.10. The number of carbonyl (C=O) groups excluding carboxylic acids is 1. The quantitative estimate of drug-likeness (QED) is 0.853. The molecule has 0 radical (unpaired) electrons. The van der Waals surface area contributed by atoms with Crippen molar-refractivity contribution in [3.05, 3.63) is 44.3 Å². The summed E-state index contributed by atoms with van der Waals surface area (Å²) in [6.07, 6.45) is -4.64.